The lowest BCUT2D eigenvalue weighted by Gasteiger charge is -2.36. The van der Waals surface area contributed by atoms with E-state index in [4.69, 9.17) is 9.47 Å². The quantitative estimate of drug-likeness (QED) is 0.652. The van der Waals surface area contributed by atoms with E-state index >= 15 is 0 Å². The maximum Gasteiger partial charge on any atom is 0.407 e. The molecule has 5 nitrogen and oxygen atoms in total. The molecule has 1 aliphatic heterocycles. The number of hydrogen-bond donors (Lipinski definition) is 1. The minimum absolute atomic E-state index is 0.201. The lowest BCUT2D eigenvalue weighted by atomic mass is 10.1. The van der Waals surface area contributed by atoms with E-state index in [1.54, 1.807) is 0 Å². The van der Waals surface area contributed by atoms with Crippen LogP contribution in [0.25, 0.3) is 0 Å². The van der Waals surface area contributed by atoms with E-state index < -0.39 is 11.6 Å². The molecule has 0 aromatic heterocycles. The third-order valence-corrected chi connectivity index (χ3v) is 1.86. The second-order valence-corrected chi connectivity index (χ2v) is 3.37. The highest BCUT2D eigenvalue weighted by atomic mass is 16.7. The van der Waals surface area contributed by atoms with Gasteiger partial charge < -0.3 is 19.5 Å². The van der Waals surface area contributed by atoms with Crippen LogP contribution in [0, 0.1) is 0 Å². The number of ether oxygens (including phenoxy) is 3. The van der Waals surface area contributed by atoms with Crippen molar-refractivity contribution in [3.8, 4) is 0 Å². The van der Waals surface area contributed by atoms with Gasteiger partial charge in [-0.25, -0.2) is 4.79 Å². The maximum absolute atomic E-state index is 10.9. The summed E-state index contributed by atoms with van der Waals surface area (Å²) in [6.07, 6.45) is -0.670. The van der Waals surface area contributed by atoms with Crippen molar-refractivity contribution in [3.05, 3.63) is 0 Å². The van der Waals surface area contributed by atoms with E-state index in [9.17, 15) is 4.79 Å². The minimum Gasteiger partial charge on any atom is -0.453 e. The smallest absolute Gasteiger partial charge is 0.407 e. The summed E-state index contributed by atoms with van der Waals surface area (Å²) in [5.74, 6) is 0. The van der Waals surface area contributed by atoms with Crippen molar-refractivity contribution in [2.75, 3.05) is 20.3 Å². The number of methoxy groups -OCH3 is 1. The number of alkyl carbamates (subject to hydrolysis) is 1. The minimum atomic E-state index is -0.487. The molecule has 0 radical (unpaired) electrons. The summed E-state index contributed by atoms with van der Waals surface area (Å²) in [5, 5.41) is 2.65. The van der Waals surface area contributed by atoms with Crippen LogP contribution in [0.2, 0.25) is 0 Å². The molecule has 1 amide bonds. The van der Waals surface area contributed by atoms with Crippen molar-refractivity contribution in [2.45, 2.75) is 25.7 Å². The molecule has 76 valence electrons. The maximum atomic E-state index is 10.9. The van der Waals surface area contributed by atoms with Crippen LogP contribution in [0.15, 0.2) is 0 Å². The van der Waals surface area contributed by atoms with Crippen LogP contribution in [0.3, 0.4) is 0 Å². The first-order valence-corrected chi connectivity index (χ1v) is 4.15. The van der Waals surface area contributed by atoms with Crippen LogP contribution < -0.4 is 5.32 Å². The summed E-state index contributed by atoms with van der Waals surface area (Å²) < 4.78 is 15.0. The molecule has 5 heteroatoms. The number of hydrogen-bond acceptors (Lipinski definition) is 4. The Kier molecular flexibility index (Phi) is 3.11. The van der Waals surface area contributed by atoms with E-state index in [0.717, 1.165) is 0 Å². The van der Waals surface area contributed by atoms with Gasteiger partial charge in [0.1, 0.15) is 0 Å². The molecule has 1 heterocycles. The molecule has 13 heavy (non-hydrogen) atoms. The summed E-state index contributed by atoms with van der Waals surface area (Å²) >= 11 is 0. The number of rotatable bonds is 1. The normalized spacial score (nSPS) is 33.9. The van der Waals surface area contributed by atoms with Gasteiger partial charge in [-0.05, 0) is 13.8 Å². The summed E-state index contributed by atoms with van der Waals surface area (Å²) in [6.45, 7) is 4.53. The van der Waals surface area contributed by atoms with Gasteiger partial charge in [-0.15, -0.1) is 0 Å². The van der Waals surface area contributed by atoms with Crippen LogP contribution in [-0.4, -0.2) is 38.2 Å². The van der Waals surface area contributed by atoms with Crippen molar-refractivity contribution < 1.29 is 19.0 Å². The van der Waals surface area contributed by atoms with Crippen LogP contribution in [0.5, 0.6) is 0 Å². The van der Waals surface area contributed by atoms with E-state index in [2.05, 4.69) is 10.1 Å². The summed E-state index contributed by atoms with van der Waals surface area (Å²) in [4.78, 5) is 10.9. The predicted molar refractivity (Wildman–Crippen MR) is 45.3 cm³/mol. The highest BCUT2D eigenvalue weighted by Crippen LogP contribution is 2.14. The van der Waals surface area contributed by atoms with Crippen LogP contribution in [-0.2, 0) is 14.2 Å². The number of nitrogens with one attached hydrogen (secondary N) is 1. The Hall–Kier alpha value is -0.810. The molecule has 0 unspecified atom stereocenters. The zero-order valence-corrected chi connectivity index (χ0v) is 8.12. The lowest BCUT2D eigenvalue weighted by Crippen LogP contribution is -2.56. The number of amides is 1. The molecule has 1 aliphatic rings. The summed E-state index contributed by atoms with van der Waals surface area (Å²) in [7, 11) is 1.33. The largest absolute Gasteiger partial charge is 0.453 e. The average molecular weight is 189 g/mol. The van der Waals surface area contributed by atoms with Crippen LogP contribution >= 0.6 is 0 Å². The van der Waals surface area contributed by atoms with Gasteiger partial charge in [-0.2, -0.15) is 0 Å². The molecular weight excluding hydrogens is 174 g/mol. The number of carbonyl (C=O) groups is 1. The molecule has 0 spiro atoms. The Labute approximate surface area is 77.3 Å². The predicted octanol–water partition coefficient (Wildman–Crippen LogP) is 0.494. The lowest BCUT2D eigenvalue weighted by molar-refractivity contribution is -0.198. The third-order valence-electron chi connectivity index (χ3n) is 1.86. The van der Waals surface area contributed by atoms with E-state index in [1.807, 2.05) is 13.8 Å². The molecule has 1 rings (SSSR count). The van der Waals surface area contributed by atoms with Crippen LogP contribution in [0.1, 0.15) is 13.8 Å². The first-order valence-electron chi connectivity index (χ1n) is 4.15. The summed E-state index contributed by atoms with van der Waals surface area (Å²) in [5.41, 5.74) is -0.487. The van der Waals surface area contributed by atoms with Crippen molar-refractivity contribution >= 4 is 6.09 Å². The monoisotopic (exact) mass is 189 g/mol. The Morgan fingerprint density at radius 1 is 1.54 bits per heavy atom. The van der Waals surface area contributed by atoms with Crippen molar-refractivity contribution in [1.82, 2.24) is 5.32 Å². The topological polar surface area (TPSA) is 56.8 Å². The molecule has 1 fully saturated rings. The van der Waals surface area contributed by atoms with Gasteiger partial charge >= 0.3 is 6.09 Å². The molecule has 1 saturated heterocycles. The SMILES string of the molecule is COC(=O)NC1(C)COC(C)OC1. The zero-order chi connectivity index (χ0) is 9.90. The van der Waals surface area contributed by atoms with Gasteiger partial charge in [-0.3, -0.25) is 0 Å². The third kappa shape index (κ3) is 2.86. The Morgan fingerprint density at radius 2 is 2.08 bits per heavy atom. The summed E-state index contributed by atoms with van der Waals surface area (Å²) in [6, 6.07) is 0. The zero-order valence-electron chi connectivity index (χ0n) is 8.12. The van der Waals surface area contributed by atoms with Crippen molar-refractivity contribution in [1.29, 1.82) is 0 Å². The molecular formula is C8H15NO4. The van der Waals surface area contributed by atoms with Crippen molar-refractivity contribution in [3.63, 3.8) is 0 Å². The first-order chi connectivity index (χ1) is 6.06. The Bertz CT molecular complexity index is 187. The highest BCUT2D eigenvalue weighted by Gasteiger charge is 2.32. The highest BCUT2D eigenvalue weighted by molar-refractivity contribution is 5.68. The molecule has 0 aliphatic carbocycles. The fourth-order valence-corrected chi connectivity index (χ4v) is 1.06. The molecule has 1 N–H and O–H groups in total. The van der Waals surface area contributed by atoms with Gasteiger partial charge in [0.15, 0.2) is 6.29 Å². The van der Waals surface area contributed by atoms with Gasteiger partial charge in [-0.1, -0.05) is 0 Å². The van der Waals surface area contributed by atoms with Gasteiger partial charge in [0.05, 0.1) is 25.9 Å². The molecule has 0 saturated carbocycles. The molecule has 0 aromatic carbocycles. The standard InChI is InChI=1S/C8H15NO4/c1-6-12-4-8(2,5-13-6)9-7(10)11-3/h6H,4-5H2,1-3H3,(H,9,10). The van der Waals surface area contributed by atoms with Gasteiger partial charge in [0.25, 0.3) is 0 Å². The molecule has 0 atom stereocenters. The first kappa shape index (κ1) is 10.3. The molecule has 0 bridgehead atoms. The van der Waals surface area contributed by atoms with Gasteiger partial charge in [0, 0.05) is 0 Å². The van der Waals surface area contributed by atoms with E-state index in [-0.39, 0.29) is 6.29 Å². The fourth-order valence-electron chi connectivity index (χ4n) is 1.06. The van der Waals surface area contributed by atoms with Crippen molar-refractivity contribution in [2.24, 2.45) is 0 Å². The second kappa shape index (κ2) is 3.93. The van der Waals surface area contributed by atoms with Gasteiger partial charge in [0.2, 0.25) is 0 Å². The fraction of sp³-hybridized carbons (Fsp3) is 0.875. The Balaban J connectivity index is 2.43. The second-order valence-electron chi connectivity index (χ2n) is 3.37. The van der Waals surface area contributed by atoms with Crippen LogP contribution in [0.4, 0.5) is 4.79 Å². The Morgan fingerprint density at radius 3 is 2.54 bits per heavy atom. The molecule has 0 aromatic rings. The number of carbonyl (C=O) groups excluding carboxylic acids is 1. The average Bonchev–Trinajstić information content (AvgIpc) is 2.10. The van der Waals surface area contributed by atoms with E-state index in [0.29, 0.717) is 13.2 Å². The van der Waals surface area contributed by atoms with E-state index in [1.165, 1.54) is 7.11 Å².